The number of nitrogens with zero attached hydrogens (tertiary/aromatic N) is 3. The van der Waals surface area contributed by atoms with Crippen LogP contribution in [0.15, 0.2) is 18.2 Å². The van der Waals surface area contributed by atoms with E-state index in [4.69, 9.17) is 24.2 Å². The number of methoxy groups -OCH3 is 1. The average molecular weight is 596 g/mol. The lowest BCUT2D eigenvalue weighted by Gasteiger charge is -2.34. The number of benzene rings is 1. The molecule has 0 N–H and O–H groups in total. The minimum absolute atomic E-state index is 0.117. The van der Waals surface area contributed by atoms with Crippen LogP contribution >= 0.6 is 0 Å². The number of amides is 1. The Kier molecular flexibility index (Phi) is 8.07. The van der Waals surface area contributed by atoms with Gasteiger partial charge in [0.05, 0.1) is 37.0 Å². The molecule has 8 atom stereocenters. The van der Waals surface area contributed by atoms with Gasteiger partial charge in [0.1, 0.15) is 29.9 Å². The number of esters is 1. The highest BCUT2D eigenvalue weighted by Gasteiger charge is 2.55. The largest absolute Gasteiger partial charge is 0.497 e. The second-order valence-corrected chi connectivity index (χ2v) is 13.9. The number of aryl methyl sites for hydroxylation is 1. The van der Waals surface area contributed by atoms with Crippen LogP contribution in [-0.4, -0.2) is 71.1 Å². The van der Waals surface area contributed by atoms with Gasteiger partial charge in [0.15, 0.2) is 12.3 Å². The fourth-order valence-corrected chi connectivity index (χ4v) is 7.43. The smallest absolute Gasteiger partial charge is 0.306 e. The molecule has 1 amide bonds. The van der Waals surface area contributed by atoms with Crippen molar-refractivity contribution < 1.29 is 33.0 Å². The molecule has 1 aromatic carbocycles. The summed E-state index contributed by atoms with van der Waals surface area (Å²) >= 11 is 0. The first kappa shape index (κ1) is 29.8. The second kappa shape index (κ2) is 11.7. The van der Waals surface area contributed by atoms with Gasteiger partial charge in [0.25, 0.3) is 0 Å². The molecule has 9 nitrogen and oxygen atoms in total. The number of carbonyl (C=O) groups excluding carboxylic acids is 3. The van der Waals surface area contributed by atoms with E-state index in [1.807, 2.05) is 32.9 Å². The second-order valence-electron chi connectivity index (χ2n) is 13.9. The highest BCUT2D eigenvalue weighted by molar-refractivity contribution is 5.87. The van der Waals surface area contributed by atoms with Gasteiger partial charge in [-0.05, 0) is 67.4 Å². The summed E-state index contributed by atoms with van der Waals surface area (Å²) in [6.07, 6.45) is 3.82. The van der Waals surface area contributed by atoms with Gasteiger partial charge in [-0.1, -0.05) is 33.6 Å². The fraction of sp³-hybridized carbons (Fsp3) is 0.667. The van der Waals surface area contributed by atoms with Crippen LogP contribution < -0.4 is 9.47 Å². The number of halogens is 1. The van der Waals surface area contributed by atoms with Gasteiger partial charge in [0, 0.05) is 6.07 Å². The average Bonchev–Trinajstić information content (AvgIpc) is 3.55. The summed E-state index contributed by atoms with van der Waals surface area (Å²) in [5.41, 5.74) is 1.23. The lowest BCUT2D eigenvalue weighted by Crippen LogP contribution is -2.47. The first-order valence-electron chi connectivity index (χ1n) is 15.7. The van der Waals surface area contributed by atoms with Crippen molar-refractivity contribution in [3.05, 3.63) is 23.9 Å². The van der Waals surface area contributed by atoms with E-state index in [-0.39, 0.29) is 24.9 Å². The maximum atomic E-state index is 15.8. The van der Waals surface area contributed by atoms with E-state index in [0.29, 0.717) is 52.9 Å². The molecule has 2 unspecified atom stereocenters. The Morgan fingerprint density at radius 3 is 2.58 bits per heavy atom. The number of hydrogen-bond acceptors (Lipinski definition) is 8. The molecule has 3 fully saturated rings. The van der Waals surface area contributed by atoms with Crippen molar-refractivity contribution in [1.82, 2.24) is 14.9 Å². The predicted octanol–water partition coefficient (Wildman–Crippen LogP) is 4.87. The molecule has 1 aromatic heterocycles. The van der Waals surface area contributed by atoms with E-state index in [2.05, 4.69) is 0 Å². The van der Waals surface area contributed by atoms with Gasteiger partial charge in [-0.15, -0.1) is 0 Å². The van der Waals surface area contributed by atoms with Gasteiger partial charge in [-0.2, -0.15) is 0 Å². The van der Waals surface area contributed by atoms with E-state index in [1.54, 1.807) is 13.2 Å². The Morgan fingerprint density at radius 1 is 1.02 bits per heavy atom. The van der Waals surface area contributed by atoms with Crippen molar-refractivity contribution in [1.29, 1.82) is 0 Å². The highest BCUT2D eigenvalue weighted by Crippen LogP contribution is 2.58. The Labute approximate surface area is 251 Å². The predicted molar refractivity (Wildman–Crippen MR) is 156 cm³/mol. The zero-order valence-corrected chi connectivity index (χ0v) is 25.5. The Morgan fingerprint density at radius 2 is 1.84 bits per heavy atom. The van der Waals surface area contributed by atoms with Crippen LogP contribution in [0.1, 0.15) is 71.4 Å². The number of aldehydes is 1. The van der Waals surface area contributed by atoms with Gasteiger partial charge in [-0.3, -0.25) is 9.59 Å². The van der Waals surface area contributed by atoms with Crippen molar-refractivity contribution in [2.75, 3.05) is 13.7 Å². The molecular formula is C33H42FN3O6. The number of hydrogen-bond donors (Lipinski definition) is 0. The van der Waals surface area contributed by atoms with Crippen LogP contribution in [0.5, 0.6) is 11.6 Å². The van der Waals surface area contributed by atoms with Gasteiger partial charge >= 0.3 is 5.97 Å². The first-order valence-corrected chi connectivity index (χ1v) is 15.7. The standard InChI is InChI=1S/C33H42FN3O6/c1-33(2,3)22-15-29(39)42-27-13-18-12-21(18)20(27)8-6-5-7-9-24-31(36-25-14-19(41-4)10-11-23(25)35-24)43-28-16-37(32(22)40)26(17-38)30(28)34/h10-11,14,17-18,20-22,26-28,30H,5-9,12-13,15-16H2,1-4H3/t18?,20-,21?,22-,26-,27-,28+,30+/m1/s1. The minimum atomic E-state index is -1.77. The van der Waals surface area contributed by atoms with Gasteiger partial charge in [0.2, 0.25) is 11.8 Å². The number of ether oxygens (including phenoxy) is 3. The number of carbonyl (C=O) groups is 3. The van der Waals surface area contributed by atoms with Gasteiger partial charge < -0.3 is 23.9 Å². The molecule has 2 bridgehead atoms. The quantitative estimate of drug-likeness (QED) is 0.358. The van der Waals surface area contributed by atoms with Crippen LogP contribution in [0, 0.1) is 29.1 Å². The molecule has 1 saturated heterocycles. The fourth-order valence-electron chi connectivity index (χ4n) is 7.43. The van der Waals surface area contributed by atoms with Crippen molar-refractivity contribution in [2.24, 2.45) is 29.1 Å². The van der Waals surface area contributed by atoms with E-state index in [9.17, 15) is 14.4 Å². The summed E-state index contributed by atoms with van der Waals surface area (Å²) in [7, 11) is 1.57. The molecular weight excluding hydrogens is 553 g/mol. The maximum Gasteiger partial charge on any atom is 0.306 e. The highest BCUT2D eigenvalue weighted by atomic mass is 19.1. The number of rotatable bonds is 2. The SMILES string of the molecule is COc1ccc2nc3c(nc2c1)O[C@H]1CN(C(=O)[C@H](C(C)(C)C)CC(=O)O[C@@H]2CC4CC4[C@H]2CCCCC3)[C@H](C=O)[C@@H]1F. The minimum Gasteiger partial charge on any atom is -0.497 e. The number of fused-ring (bicyclic) bond motifs is 7. The monoisotopic (exact) mass is 595 g/mol. The molecule has 0 spiro atoms. The normalized spacial score (nSPS) is 33.4. The number of aromatic nitrogens is 2. The van der Waals surface area contributed by atoms with E-state index in [1.165, 1.54) is 11.3 Å². The lowest BCUT2D eigenvalue weighted by molar-refractivity contribution is -0.158. The molecule has 2 aromatic rings. The molecule has 6 rings (SSSR count). The van der Waals surface area contributed by atoms with Crippen molar-refractivity contribution in [2.45, 2.75) is 96.6 Å². The zero-order valence-electron chi connectivity index (χ0n) is 25.5. The third-order valence-electron chi connectivity index (χ3n) is 10.00. The molecule has 2 aliphatic heterocycles. The molecule has 3 heterocycles. The van der Waals surface area contributed by atoms with E-state index in [0.717, 1.165) is 32.1 Å². The summed E-state index contributed by atoms with van der Waals surface area (Å²) in [6, 6.07) is 4.08. The maximum absolute atomic E-state index is 15.8. The summed E-state index contributed by atoms with van der Waals surface area (Å²) in [4.78, 5) is 50.2. The van der Waals surface area contributed by atoms with Crippen LogP contribution in [0.3, 0.4) is 0 Å². The third-order valence-corrected chi connectivity index (χ3v) is 10.00. The summed E-state index contributed by atoms with van der Waals surface area (Å²) in [5.74, 6) is 0.769. The molecule has 10 heteroatoms. The van der Waals surface area contributed by atoms with Crippen molar-refractivity contribution in [3.8, 4) is 11.6 Å². The van der Waals surface area contributed by atoms with Gasteiger partial charge in [-0.25, -0.2) is 14.4 Å². The molecule has 2 saturated carbocycles. The van der Waals surface area contributed by atoms with Crippen molar-refractivity contribution >= 4 is 29.2 Å². The molecule has 43 heavy (non-hydrogen) atoms. The van der Waals surface area contributed by atoms with E-state index >= 15 is 4.39 Å². The van der Waals surface area contributed by atoms with E-state index < -0.39 is 41.5 Å². The van der Waals surface area contributed by atoms with Crippen LogP contribution in [0.2, 0.25) is 0 Å². The van der Waals surface area contributed by atoms with Crippen LogP contribution in [0.4, 0.5) is 4.39 Å². The summed E-state index contributed by atoms with van der Waals surface area (Å²) in [6.45, 7) is 5.48. The Hall–Kier alpha value is -3.30. The lowest BCUT2D eigenvalue weighted by atomic mass is 9.77. The number of alkyl halides is 1. The topological polar surface area (TPSA) is 108 Å². The molecule has 232 valence electrons. The molecule has 2 aliphatic carbocycles. The zero-order chi connectivity index (χ0) is 30.5. The Balaban J connectivity index is 1.34. The first-order chi connectivity index (χ1) is 20.6. The molecule has 0 radical (unpaired) electrons. The third kappa shape index (κ3) is 5.94. The van der Waals surface area contributed by atoms with Crippen LogP contribution in [-0.2, 0) is 25.5 Å². The molecule has 4 aliphatic rings. The van der Waals surface area contributed by atoms with Crippen molar-refractivity contribution in [3.63, 3.8) is 0 Å². The summed E-state index contributed by atoms with van der Waals surface area (Å²) in [5, 5.41) is 0. The summed E-state index contributed by atoms with van der Waals surface area (Å²) < 4.78 is 33.4. The Bertz CT molecular complexity index is 1390. The van der Waals surface area contributed by atoms with Crippen LogP contribution in [0.25, 0.3) is 11.0 Å².